The van der Waals surface area contributed by atoms with Gasteiger partial charge in [-0.05, 0) is 42.3 Å². The average molecular weight is 426 g/mol. The molecule has 0 saturated carbocycles. The summed E-state index contributed by atoms with van der Waals surface area (Å²) in [5, 5.41) is 3.95. The van der Waals surface area contributed by atoms with Gasteiger partial charge in [0.15, 0.2) is 23.0 Å². The lowest BCUT2D eigenvalue weighted by atomic mass is 10.1. The highest BCUT2D eigenvalue weighted by Crippen LogP contribution is 2.34. The molecule has 1 aromatic heterocycles. The Bertz CT molecular complexity index is 1050. The molecule has 8 nitrogen and oxygen atoms in total. The fourth-order valence-electron chi connectivity index (χ4n) is 3.14. The van der Waals surface area contributed by atoms with E-state index in [4.69, 9.17) is 23.5 Å². The van der Waals surface area contributed by atoms with Crippen molar-refractivity contribution in [2.24, 2.45) is 0 Å². The van der Waals surface area contributed by atoms with Crippen LogP contribution in [0.4, 0.5) is 0 Å². The molecule has 1 amide bonds. The van der Waals surface area contributed by atoms with Crippen molar-refractivity contribution in [3.8, 4) is 34.3 Å². The number of carbonyl (C=O) groups is 1. The molecule has 8 heteroatoms. The molecule has 1 heterocycles. The fourth-order valence-corrected chi connectivity index (χ4v) is 3.14. The van der Waals surface area contributed by atoms with E-state index in [-0.39, 0.29) is 11.6 Å². The predicted octanol–water partition coefficient (Wildman–Crippen LogP) is 3.69. The summed E-state index contributed by atoms with van der Waals surface area (Å²) in [5.74, 6) is 2.75. The van der Waals surface area contributed by atoms with Crippen molar-refractivity contribution >= 4 is 5.91 Å². The molecule has 0 aliphatic heterocycles. The van der Waals surface area contributed by atoms with Crippen molar-refractivity contribution in [3.63, 3.8) is 0 Å². The average Bonchev–Trinajstić information content (AvgIpc) is 3.31. The van der Waals surface area contributed by atoms with Gasteiger partial charge in [-0.3, -0.25) is 4.79 Å². The lowest BCUT2D eigenvalue weighted by Gasteiger charge is -2.16. The Kier molecular flexibility index (Phi) is 7.02. The molecule has 164 valence electrons. The molecule has 0 unspecified atom stereocenters. The van der Waals surface area contributed by atoms with Gasteiger partial charge in [0, 0.05) is 19.7 Å². The normalized spacial score (nSPS) is 10.5. The van der Waals surface area contributed by atoms with Crippen LogP contribution in [0.2, 0.25) is 0 Å². The lowest BCUT2D eigenvalue weighted by Crippen LogP contribution is -2.29. The maximum absolute atomic E-state index is 12.8. The quantitative estimate of drug-likeness (QED) is 0.516. The highest BCUT2D eigenvalue weighted by atomic mass is 16.5. The smallest absolute Gasteiger partial charge is 0.275 e. The van der Waals surface area contributed by atoms with Gasteiger partial charge in [-0.2, -0.15) is 0 Å². The third kappa shape index (κ3) is 4.91. The van der Waals surface area contributed by atoms with Crippen molar-refractivity contribution in [1.82, 2.24) is 10.1 Å². The van der Waals surface area contributed by atoms with Crippen molar-refractivity contribution in [3.05, 3.63) is 53.7 Å². The lowest BCUT2D eigenvalue weighted by molar-refractivity contribution is 0.0786. The Hall–Kier alpha value is -3.68. The van der Waals surface area contributed by atoms with Gasteiger partial charge in [-0.25, -0.2) is 0 Å². The molecule has 0 spiro atoms. The van der Waals surface area contributed by atoms with E-state index in [1.54, 1.807) is 64.7 Å². The fraction of sp³-hybridized carbons (Fsp3) is 0.304. The first-order valence-corrected chi connectivity index (χ1v) is 9.66. The zero-order valence-corrected chi connectivity index (χ0v) is 18.3. The van der Waals surface area contributed by atoms with Crippen molar-refractivity contribution in [2.45, 2.75) is 6.42 Å². The van der Waals surface area contributed by atoms with Crippen molar-refractivity contribution < 1.29 is 28.3 Å². The minimum absolute atomic E-state index is 0.217. The molecule has 31 heavy (non-hydrogen) atoms. The van der Waals surface area contributed by atoms with Crippen LogP contribution in [0.3, 0.4) is 0 Å². The van der Waals surface area contributed by atoms with E-state index in [0.717, 1.165) is 5.56 Å². The molecule has 0 fully saturated rings. The zero-order valence-electron chi connectivity index (χ0n) is 18.3. The molecule has 0 aliphatic carbocycles. The summed E-state index contributed by atoms with van der Waals surface area (Å²) in [5.41, 5.74) is 1.90. The predicted molar refractivity (Wildman–Crippen MR) is 115 cm³/mol. The van der Waals surface area contributed by atoms with Gasteiger partial charge in [0.25, 0.3) is 5.91 Å². The Labute approximate surface area is 181 Å². The maximum atomic E-state index is 12.8. The summed E-state index contributed by atoms with van der Waals surface area (Å²) >= 11 is 0. The van der Waals surface area contributed by atoms with E-state index in [9.17, 15) is 4.79 Å². The van der Waals surface area contributed by atoms with E-state index in [2.05, 4.69) is 5.16 Å². The van der Waals surface area contributed by atoms with E-state index in [1.807, 2.05) is 18.2 Å². The highest BCUT2D eigenvalue weighted by molar-refractivity contribution is 5.93. The van der Waals surface area contributed by atoms with Crippen LogP contribution in [0.15, 0.2) is 47.0 Å². The number of methoxy groups -OCH3 is 4. The molecular weight excluding hydrogens is 400 g/mol. The van der Waals surface area contributed by atoms with Gasteiger partial charge in [-0.15, -0.1) is 0 Å². The molecule has 0 N–H and O–H groups in total. The maximum Gasteiger partial charge on any atom is 0.275 e. The number of hydrogen-bond donors (Lipinski definition) is 0. The highest BCUT2D eigenvalue weighted by Gasteiger charge is 2.20. The molecule has 0 bridgehead atoms. The van der Waals surface area contributed by atoms with Gasteiger partial charge in [0.2, 0.25) is 0 Å². The van der Waals surface area contributed by atoms with Crippen LogP contribution in [0, 0.1) is 0 Å². The van der Waals surface area contributed by atoms with E-state index >= 15 is 0 Å². The Morgan fingerprint density at radius 3 is 2.29 bits per heavy atom. The van der Waals surface area contributed by atoms with E-state index < -0.39 is 0 Å². The second-order valence-electron chi connectivity index (χ2n) is 6.81. The Morgan fingerprint density at radius 2 is 1.61 bits per heavy atom. The first kappa shape index (κ1) is 22.0. The number of hydrogen-bond acceptors (Lipinski definition) is 7. The third-order valence-electron chi connectivity index (χ3n) is 4.93. The monoisotopic (exact) mass is 426 g/mol. The van der Waals surface area contributed by atoms with Gasteiger partial charge in [0.1, 0.15) is 11.5 Å². The van der Waals surface area contributed by atoms with Crippen molar-refractivity contribution in [1.29, 1.82) is 0 Å². The van der Waals surface area contributed by atoms with E-state index in [1.165, 1.54) is 0 Å². The minimum atomic E-state index is -0.239. The topological polar surface area (TPSA) is 83.3 Å². The second-order valence-corrected chi connectivity index (χ2v) is 6.81. The number of amides is 1. The third-order valence-corrected chi connectivity index (χ3v) is 4.93. The molecule has 0 aliphatic rings. The summed E-state index contributed by atoms with van der Waals surface area (Å²) in [6.07, 6.45) is 0.650. The van der Waals surface area contributed by atoms with Crippen LogP contribution >= 0.6 is 0 Å². The standard InChI is InChI=1S/C23H26N2O6/c1-25(11-10-15-6-8-20(29-4)22(12-15)30-5)23(26)18-14-21(31-24-18)17-13-16(27-2)7-9-19(17)28-3/h6-9,12-14H,10-11H2,1-5H3. The molecule has 3 aromatic rings. The minimum Gasteiger partial charge on any atom is -0.497 e. The number of rotatable bonds is 9. The SMILES string of the molecule is COc1ccc(OC)c(-c2cc(C(=O)N(C)CCc3ccc(OC)c(OC)c3)no2)c1. The van der Waals surface area contributed by atoms with Gasteiger partial charge in [-0.1, -0.05) is 11.2 Å². The number of carbonyl (C=O) groups excluding carboxylic acids is 1. The molecule has 0 saturated heterocycles. The van der Waals surface area contributed by atoms with Gasteiger partial charge < -0.3 is 28.4 Å². The van der Waals surface area contributed by atoms with Crippen LogP contribution in [0.1, 0.15) is 16.1 Å². The molecule has 0 radical (unpaired) electrons. The van der Waals surface area contributed by atoms with Crippen LogP contribution in [-0.2, 0) is 6.42 Å². The Morgan fingerprint density at radius 1 is 0.903 bits per heavy atom. The summed E-state index contributed by atoms with van der Waals surface area (Å²) in [6, 6.07) is 12.6. The van der Waals surface area contributed by atoms with Crippen molar-refractivity contribution in [2.75, 3.05) is 42.0 Å². The van der Waals surface area contributed by atoms with Gasteiger partial charge in [0.05, 0.1) is 34.0 Å². The number of ether oxygens (including phenoxy) is 4. The van der Waals surface area contributed by atoms with E-state index in [0.29, 0.717) is 47.3 Å². The molecule has 3 rings (SSSR count). The largest absolute Gasteiger partial charge is 0.497 e. The number of benzene rings is 2. The number of aromatic nitrogens is 1. The number of likely N-dealkylation sites (N-methyl/N-ethyl adjacent to an activating group) is 1. The summed E-state index contributed by atoms with van der Waals surface area (Å²) in [4.78, 5) is 14.4. The number of nitrogens with zero attached hydrogens (tertiary/aromatic N) is 2. The summed E-state index contributed by atoms with van der Waals surface area (Å²) in [6.45, 7) is 0.499. The second kappa shape index (κ2) is 9.88. The van der Waals surface area contributed by atoms with Gasteiger partial charge >= 0.3 is 0 Å². The zero-order chi connectivity index (χ0) is 22.4. The summed E-state index contributed by atoms with van der Waals surface area (Å²) < 4.78 is 26.7. The first-order valence-electron chi connectivity index (χ1n) is 9.66. The Balaban J connectivity index is 1.71. The van der Waals surface area contributed by atoms with Crippen LogP contribution in [0.25, 0.3) is 11.3 Å². The van der Waals surface area contributed by atoms with Crippen LogP contribution < -0.4 is 18.9 Å². The molecular formula is C23H26N2O6. The van der Waals surface area contributed by atoms with Crippen LogP contribution in [-0.4, -0.2) is 58.0 Å². The molecule has 2 aromatic carbocycles. The summed E-state index contributed by atoms with van der Waals surface area (Å²) in [7, 11) is 8.06. The molecule has 0 atom stereocenters. The first-order chi connectivity index (χ1) is 15.0. The van der Waals surface area contributed by atoms with Crippen LogP contribution in [0.5, 0.6) is 23.0 Å².